The van der Waals surface area contributed by atoms with E-state index in [1.165, 1.54) is 6.07 Å². The normalized spacial score (nSPS) is 10.7. The average molecular weight is 353 g/mol. The molecule has 26 heavy (non-hydrogen) atoms. The minimum absolute atomic E-state index is 0.109. The van der Waals surface area contributed by atoms with Crippen molar-refractivity contribution in [1.29, 1.82) is 0 Å². The van der Waals surface area contributed by atoms with Crippen LogP contribution in [0.15, 0.2) is 54.7 Å². The van der Waals surface area contributed by atoms with Crippen molar-refractivity contribution in [2.45, 2.75) is 26.3 Å². The van der Waals surface area contributed by atoms with E-state index in [-0.39, 0.29) is 12.2 Å². The number of amides is 1. The van der Waals surface area contributed by atoms with Crippen molar-refractivity contribution in [3.8, 4) is 11.1 Å². The van der Waals surface area contributed by atoms with Gasteiger partial charge in [-0.3, -0.25) is 14.7 Å². The number of rotatable bonds is 6. The summed E-state index contributed by atoms with van der Waals surface area (Å²) in [5.74, 6) is -0.753. The first-order chi connectivity index (χ1) is 12.6. The molecule has 0 fully saturated rings. The Morgan fingerprint density at radius 2 is 1.92 bits per heavy atom. The highest BCUT2D eigenvalue weighted by atomic mass is 19.1. The van der Waals surface area contributed by atoms with Crippen molar-refractivity contribution < 1.29 is 14.4 Å². The zero-order valence-electron chi connectivity index (χ0n) is 14.4. The number of aromatic nitrogens is 2. The van der Waals surface area contributed by atoms with Crippen LogP contribution in [0.4, 0.5) is 4.39 Å². The molecule has 0 saturated heterocycles. The molecule has 2 aromatic carbocycles. The Hall–Kier alpha value is -2.99. The number of carbonyl (C=O) groups excluding carboxylic acids is 1. The molecule has 1 aromatic heterocycles. The molecule has 0 aliphatic carbocycles. The van der Waals surface area contributed by atoms with Gasteiger partial charge in [0, 0.05) is 17.7 Å². The molecule has 134 valence electrons. The fraction of sp³-hybridized carbons (Fsp3) is 0.200. The van der Waals surface area contributed by atoms with E-state index in [9.17, 15) is 9.18 Å². The van der Waals surface area contributed by atoms with Gasteiger partial charge in [0.05, 0.1) is 12.7 Å². The number of carbonyl (C=O) groups is 1. The van der Waals surface area contributed by atoms with Crippen LogP contribution in [-0.2, 0) is 17.8 Å². The van der Waals surface area contributed by atoms with Crippen LogP contribution < -0.4 is 5.48 Å². The lowest BCUT2D eigenvalue weighted by Gasteiger charge is -2.12. The van der Waals surface area contributed by atoms with Gasteiger partial charge in [-0.05, 0) is 36.1 Å². The number of halogens is 1. The first-order valence-electron chi connectivity index (χ1n) is 8.37. The van der Waals surface area contributed by atoms with E-state index in [1.54, 1.807) is 24.7 Å². The van der Waals surface area contributed by atoms with Crippen LogP contribution in [0.2, 0.25) is 0 Å². The van der Waals surface area contributed by atoms with Crippen molar-refractivity contribution in [2.24, 2.45) is 0 Å². The van der Waals surface area contributed by atoms with E-state index in [1.807, 2.05) is 41.1 Å². The number of nitrogens with one attached hydrogen (secondary N) is 1. The van der Waals surface area contributed by atoms with Crippen LogP contribution in [-0.4, -0.2) is 20.9 Å². The Bertz CT molecular complexity index is 907. The highest BCUT2D eigenvalue weighted by Crippen LogP contribution is 2.29. The third-order valence-electron chi connectivity index (χ3n) is 4.40. The van der Waals surface area contributed by atoms with Crippen molar-refractivity contribution in [1.82, 2.24) is 15.3 Å². The first kappa shape index (κ1) is 17.8. The summed E-state index contributed by atoms with van der Waals surface area (Å²) >= 11 is 0. The summed E-state index contributed by atoms with van der Waals surface area (Å²) in [6.45, 7) is 2.27. The van der Waals surface area contributed by atoms with E-state index in [4.69, 9.17) is 5.21 Å². The number of hydroxylamine groups is 1. The summed E-state index contributed by atoms with van der Waals surface area (Å²) < 4.78 is 15.8. The Morgan fingerprint density at radius 3 is 2.65 bits per heavy atom. The van der Waals surface area contributed by atoms with Crippen molar-refractivity contribution in [3.63, 3.8) is 0 Å². The maximum Gasteiger partial charge on any atom is 0.243 e. The SMILES string of the molecule is Cc1c(F)cccc1-c1cnn(Cc2ccccc2)c1CCC(=O)NO. The van der Waals surface area contributed by atoms with Crippen LogP contribution in [0.1, 0.15) is 23.2 Å². The average Bonchev–Trinajstić information content (AvgIpc) is 3.05. The lowest BCUT2D eigenvalue weighted by molar-refractivity contribution is -0.129. The summed E-state index contributed by atoms with van der Waals surface area (Å²) in [5, 5.41) is 13.2. The molecule has 0 saturated carbocycles. The van der Waals surface area contributed by atoms with E-state index < -0.39 is 5.91 Å². The lowest BCUT2D eigenvalue weighted by Crippen LogP contribution is -2.19. The van der Waals surface area contributed by atoms with Crippen LogP contribution in [0, 0.1) is 12.7 Å². The second kappa shape index (κ2) is 7.93. The molecule has 0 radical (unpaired) electrons. The Morgan fingerprint density at radius 1 is 1.15 bits per heavy atom. The van der Waals surface area contributed by atoms with Gasteiger partial charge in [0.15, 0.2) is 0 Å². The number of nitrogens with zero attached hydrogens (tertiary/aromatic N) is 2. The Kier molecular flexibility index (Phi) is 5.43. The molecule has 3 rings (SSSR count). The quantitative estimate of drug-likeness (QED) is 0.527. The molecular formula is C20H20FN3O2. The van der Waals surface area contributed by atoms with E-state index >= 15 is 0 Å². The largest absolute Gasteiger partial charge is 0.289 e. The van der Waals surface area contributed by atoms with Crippen molar-refractivity contribution >= 4 is 5.91 Å². The molecule has 0 unspecified atom stereocenters. The van der Waals surface area contributed by atoms with Crippen LogP contribution in [0.5, 0.6) is 0 Å². The Balaban J connectivity index is 2.01. The third kappa shape index (κ3) is 3.81. The molecule has 3 aromatic rings. The summed E-state index contributed by atoms with van der Waals surface area (Å²) in [4.78, 5) is 11.5. The molecule has 0 aliphatic heterocycles. The summed E-state index contributed by atoms with van der Waals surface area (Å²) in [7, 11) is 0. The second-order valence-corrected chi connectivity index (χ2v) is 6.10. The minimum Gasteiger partial charge on any atom is -0.289 e. The molecular weight excluding hydrogens is 333 g/mol. The molecule has 5 nitrogen and oxygen atoms in total. The van der Waals surface area contributed by atoms with Crippen molar-refractivity contribution in [3.05, 3.63) is 77.4 Å². The second-order valence-electron chi connectivity index (χ2n) is 6.10. The van der Waals surface area contributed by atoms with Gasteiger partial charge >= 0.3 is 0 Å². The molecule has 0 atom stereocenters. The van der Waals surface area contributed by atoms with E-state index in [0.717, 1.165) is 22.4 Å². The molecule has 0 spiro atoms. The van der Waals surface area contributed by atoms with Crippen LogP contribution in [0.3, 0.4) is 0 Å². The molecule has 1 heterocycles. The topological polar surface area (TPSA) is 67.2 Å². The van der Waals surface area contributed by atoms with Gasteiger partial charge in [0.1, 0.15) is 5.82 Å². The van der Waals surface area contributed by atoms with E-state index in [0.29, 0.717) is 18.5 Å². The highest BCUT2D eigenvalue weighted by molar-refractivity contribution is 5.76. The standard InChI is InChI=1S/C20H20FN3O2/c1-14-16(8-5-9-18(14)21)17-12-22-24(13-15-6-3-2-4-7-15)19(17)10-11-20(25)23-26/h2-9,12,26H,10-11,13H2,1H3,(H,23,25). The summed E-state index contributed by atoms with van der Waals surface area (Å²) in [6.07, 6.45) is 2.19. The smallest absolute Gasteiger partial charge is 0.243 e. The molecule has 2 N–H and O–H groups in total. The maximum atomic E-state index is 14.0. The highest BCUT2D eigenvalue weighted by Gasteiger charge is 2.17. The lowest BCUT2D eigenvalue weighted by atomic mass is 9.98. The predicted molar refractivity (Wildman–Crippen MR) is 96.2 cm³/mol. The third-order valence-corrected chi connectivity index (χ3v) is 4.40. The molecule has 1 amide bonds. The van der Waals surface area contributed by atoms with Gasteiger partial charge in [-0.15, -0.1) is 0 Å². The van der Waals surface area contributed by atoms with Gasteiger partial charge in [-0.1, -0.05) is 42.5 Å². The Labute approximate surface area is 151 Å². The van der Waals surface area contributed by atoms with E-state index in [2.05, 4.69) is 5.10 Å². The van der Waals surface area contributed by atoms with Gasteiger partial charge in [0.25, 0.3) is 0 Å². The monoisotopic (exact) mass is 353 g/mol. The van der Waals surface area contributed by atoms with Gasteiger partial charge in [-0.25, -0.2) is 9.87 Å². The maximum absolute atomic E-state index is 14.0. The minimum atomic E-state index is -0.473. The molecule has 0 aliphatic rings. The number of hydrogen-bond donors (Lipinski definition) is 2. The fourth-order valence-electron chi connectivity index (χ4n) is 2.98. The summed E-state index contributed by atoms with van der Waals surface area (Å²) in [6, 6.07) is 14.8. The van der Waals surface area contributed by atoms with Crippen LogP contribution >= 0.6 is 0 Å². The predicted octanol–water partition coefficient (Wildman–Crippen LogP) is 3.48. The summed E-state index contributed by atoms with van der Waals surface area (Å²) in [5.41, 5.74) is 5.64. The van der Waals surface area contributed by atoms with Gasteiger partial charge in [0.2, 0.25) is 5.91 Å². The zero-order chi connectivity index (χ0) is 18.5. The van der Waals surface area contributed by atoms with Crippen LogP contribution in [0.25, 0.3) is 11.1 Å². The molecule has 0 bridgehead atoms. The molecule has 6 heteroatoms. The zero-order valence-corrected chi connectivity index (χ0v) is 14.4. The van der Waals surface area contributed by atoms with Crippen molar-refractivity contribution in [2.75, 3.05) is 0 Å². The number of hydrogen-bond acceptors (Lipinski definition) is 3. The number of benzene rings is 2. The van der Waals surface area contributed by atoms with Gasteiger partial charge < -0.3 is 0 Å². The fourth-order valence-corrected chi connectivity index (χ4v) is 2.98. The van der Waals surface area contributed by atoms with Gasteiger partial charge in [-0.2, -0.15) is 5.10 Å². The first-order valence-corrected chi connectivity index (χ1v) is 8.37.